The normalized spacial score (nSPS) is 17.3. The average molecular weight is 1520 g/mol. The number of carbonyl (C=O) groups excluding carboxylic acids is 12. The number of carbonyl (C=O) groups is 13. The molecule has 2 aliphatic heterocycles. The molecular formula is C75H112N10O19S2. The van der Waals surface area contributed by atoms with E-state index in [1.807, 2.05) is 45.9 Å². The Balaban J connectivity index is 1.41. The zero-order valence-electron chi connectivity index (χ0n) is 64.0. The van der Waals surface area contributed by atoms with E-state index in [9.17, 15) is 72.5 Å². The summed E-state index contributed by atoms with van der Waals surface area (Å²) in [7, 11) is 6.13. The van der Waals surface area contributed by atoms with Gasteiger partial charge in [-0.1, -0.05) is 111 Å². The number of thioether (sulfide) groups is 2. The van der Waals surface area contributed by atoms with Gasteiger partial charge in [0.2, 0.25) is 29.5 Å². The van der Waals surface area contributed by atoms with Crippen LogP contribution in [0.4, 0.5) is 15.3 Å². The fourth-order valence-corrected chi connectivity index (χ4v) is 14.3. The number of carboxylic acids is 1. The Bertz CT molecular complexity index is 3410. The summed E-state index contributed by atoms with van der Waals surface area (Å²) in [6.07, 6.45) is 2.06. The van der Waals surface area contributed by atoms with E-state index < -0.39 is 151 Å². The SMILES string of the molecule is CC[C@H](C)[C@@H]([C@@H](CC(=O)N1CCC[C@H]1[C@H](OC)[C@@H](C)C(=O)N[C@H](C)[C@@H](O)c1ccccc1)OC)N(C)C(=O)[C@@H](CC(=O)[C@H](C(C)C)N(C)C(=O)OCc1ccc(NC(=O)[C@H](CCCNC(N)=O)CC(=O)[C@@H](NC(=O)COC(CNC(=O)/C(=C\C(=O)O)SC)CN2C(=O)C=C(SC)C2=O)C(C)C)cc1)C(C)C. The molecule has 1 fully saturated rings. The van der Waals surface area contributed by atoms with E-state index in [1.54, 1.807) is 101 Å². The van der Waals surface area contributed by atoms with Crippen molar-refractivity contribution in [2.24, 2.45) is 47.2 Å². The molecule has 0 radical (unpaired) electrons. The standard InChI is InChI=1S/C75H112N10O19S2/c1-17-45(8)66(57(101-13)35-61(89)84-32-22-26-54(84)68(102-14)46(9)69(94)79-47(10)67(93)49-23-19-18-20-24-49)82(11)72(97)53(42(2)3)34-56(87)65(44(6)7)83(12)75(100)104-40-48-27-29-51(30-28-48)80-70(95)50(25-21-31-77-74(76)99)33-55(86)64(43(4)5)81-60(88)41-103-52(38-78-71(96)58(105-15)37-63(91)92)39-85-62(90)36-59(106-16)73(85)98/h18-20,23-24,27-30,36-37,42-47,50,52-54,57,64-68,93H,17,21-22,25-26,31-35,38-41H2,1-16H3,(H,78,96)(H,79,94)(H,80,95)(H,81,88)(H,91,92)(H3,76,77,99)/b58-37+/t45-,46+,47+,50+,52?,53-,54-,57+,64-,65-,66-,67+,68+/m0/s1. The highest BCUT2D eigenvalue weighted by atomic mass is 32.2. The van der Waals surface area contributed by atoms with Crippen LogP contribution in [-0.2, 0) is 78.3 Å². The number of aliphatic hydroxyl groups is 1. The molecule has 1 unspecified atom stereocenters. The molecule has 0 spiro atoms. The van der Waals surface area contributed by atoms with Crippen LogP contribution in [0.3, 0.4) is 0 Å². The van der Waals surface area contributed by atoms with Crippen LogP contribution in [0.15, 0.2) is 76.6 Å². The number of ketones is 2. The zero-order valence-corrected chi connectivity index (χ0v) is 65.6. The summed E-state index contributed by atoms with van der Waals surface area (Å²) in [4.78, 5) is 180. The molecule has 13 atom stereocenters. The third kappa shape index (κ3) is 26.6. The number of urea groups is 1. The van der Waals surface area contributed by atoms with Crippen LogP contribution in [0.5, 0.6) is 0 Å². The first-order valence-corrected chi connectivity index (χ1v) is 38.3. The monoisotopic (exact) mass is 1520 g/mol. The number of primary amides is 1. The van der Waals surface area contributed by atoms with Crippen molar-refractivity contribution in [3.05, 3.63) is 87.7 Å². The summed E-state index contributed by atoms with van der Waals surface area (Å²) >= 11 is 1.91. The van der Waals surface area contributed by atoms with Crippen LogP contribution < -0.4 is 32.3 Å². The second-order valence-electron chi connectivity index (χ2n) is 28.1. The van der Waals surface area contributed by atoms with Gasteiger partial charge in [0.25, 0.3) is 17.7 Å². The van der Waals surface area contributed by atoms with E-state index in [4.69, 9.17) is 24.7 Å². The van der Waals surface area contributed by atoms with Gasteiger partial charge in [0.15, 0.2) is 11.6 Å². The first-order chi connectivity index (χ1) is 50.0. The van der Waals surface area contributed by atoms with Crippen LogP contribution in [0.1, 0.15) is 138 Å². The molecular weight excluding hydrogens is 1410 g/mol. The number of nitrogens with zero attached hydrogens (tertiary/aromatic N) is 4. The molecule has 31 heteroatoms. The number of Topliss-reactive ketones (excluding diaryl/α,β-unsaturated/α-hetero) is 2. The van der Waals surface area contributed by atoms with Crippen molar-refractivity contribution >= 4 is 106 Å². The largest absolute Gasteiger partial charge is 0.478 e. The fraction of sp³-hybridized carbons (Fsp3) is 0.613. The molecule has 0 saturated carbocycles. The Morgan fingerprint density at radius 2 is 1.45 bits per heavy atom. The molecule has 2 heterocycles. The van der Waals surface area contributed by atoms with Crippen LogP contribution in [0.2, 0.25) is 0 Å². The molecule has 106 heavy (non-hydrogen) atoms. The van der Waals surface area contributed by atoms with Gasteiger partial charge in [-0.3, -0.25) is 52.8 Å². The van der Waals surface area contributed by atoms with Gasteiger partial charge in [0, 0.05) is 90.5 Å². The first-order valence-electron chi connectivity index (χ1n) is 35.9. The minimum atomic E-state index is -1.37. The topological polar surface area (TPSA) is 398 Å². The van der Waals surface area contributed by atoms with Gasteiger partial charge in [-0.05, 0) is 92.0 Å². The van der Waals surface area contributed by atoms with E-state index in [-0.39, 0.29) is 97.0 Å². The van der Waals surface area contributed by atoms with Gasteiger partial charge in [-0.25, -0.2) is 14.4 Å². The van der Waals surface area contributed by atoms with Gasteiger partial charge in [-0.2, -0.15) is 0 Å². The highest BCUT2D eigenvalue weighted by molar-refractivity contribution is 8.03. The minimum absolute atomic E-state index is 0.0776. The van der Waals surface area contributed by atoms with Crippen molar-refractivity contribution in [3.63, 3.8) is 0 Å². The summed E-state index contributed by atoms with van der Waals surface area (Å²) in [6.45, 7) is 16.8. The van der Waals surface area contributed by atoms with Gasteiger partial charge in [0.1, 0.15) is 13.2 Å². The van der Waals surface area contributed by atoms with E-state index in [2.05, 4.69) is 26.6 Å². The number of imide groups is 1. The number of anilines is 1. The van der Waals surface area contributed by atoms with Crippen LogP contribution in [-0.4, -0.2) is 229 Å². The molecule has 0 aliphatic carbocycles. The third-order valence-electron chi connectivity index (χ3n) is 19.4. The number of nitrogens with two attached hydrogens (primary N) is 1. The number of likely N-dealkylation sites (tertiary alicyclic amines) is 1. The maximum atomic E-state index is 14.9. The predicted octanol–water partition coefficient (Wildman–Crippen LogP) is 6.22. The number of hydrogen-bond acceptors (Lipinski definition) is 20. The molecule has 0 bridgehead atoms. The summed E-state index contributed by atoms with van der Waals surface area (Å²) in [5, 5.41) is 33.6. The number of amides is 11. The summed E-state index contributed by atoms with van der Waals surface area (Å²) in [6, 6.07) is 10.7. The van der Waals surface area contributed by atoms with Crippen LogP contribution in [0.25, 0.3) is 0 Å². The van der Waals surface area contributed by atoms with Crippen molar-refractivity contribution in [2.45, 2.75) is 182 Å². The zero-order chi connectivity index (χ0) is 79.4. The van der Waals surface area contributed by atoms with Crippen LogP contribution in [0, 0.1) is 41.4 Å². The van der Waals surface area contributed by atoms with Gasteiger partial charge in [0.05, 0.1) is 83.3 Å². The quantitative estimate of drug-likeness (QED) is 0.0207. The Kier molecular flexibility index (Phi) is 37.6. The number of rotatable bonds is 45. The molecule has 4 rings (SSSR count). The second-order valence-corrected chi connectivity index (χ2v) is 29.8. The number of methoxy groups -OCH3 is 2. The second kappa shape index (κ2) is 44.2. The summed E-state index contributed by atoms with van der Waals surface area (Å²) in [5.74, 6) is -10.6. The molecule has 588 valence electrons. The Morgan fingerprint density at radius 3 is 2.01 bits per heavy atom. The lowest BCUT2D eigenvalue weighted by Crippen LogP contribution is -2.55. The number of likely N-dealkylation sites (N-methyl/N-ethyl adjacent to an activating group) is 2. The number of carboxylic acid groups (broad SMARTS) is 1. The first kappa shape index (κ1) is 90.2. The number of hydrogen-bond donors (Lipinski definition) is 8. The average Bonchev–Trinajstić information content (AvgIpc) is 1.36. The molecule has 2 aliphatic rings. The summed E-state index contributed by atoms with van der Waals surface area (Å²) < 4.78 is 23.7. The van der Waals surface area contributed by atoms with Crippen molar-refractivity contribution in [2.75, 3.05) is 78.9 Å². The Labute approximate surface area is 631 Å². The fourth-order valence-electron chi connectivity index (χ4n) is 13.3. The predicted molar refractivity (Wildman–Crippen MR) is 402 cm³/mol. The molecule has 0 aromatic heterocycles. The van der Waals surface area contributed by atoms with Crippen molar-refractivity contribution in [3.8, 4) is 0 Å². The molecule has 11 amide bonds. The van der Waals surface area contributed by atoms with E-state index in [0.29, 0.717) is 48.7 Å². The molecule has 29 nitrogen and oxygen atoms in total. The highest BCUT2D eigenvalue weighted by Gasteiger charge is 2.45. The van der Waals surface area contributed by atoms with E-state index in [1.165, 1.54) is 32.4 Å². The molecule has 9 N–H and O–H groups in total. The lowest BCUT2D eigenvalue weighted by molar-refractivity contribution is -0.149. The van der Waals surface area contributed by atoms with Gasteiger partial charge < -0.3 is 76.2 Å². The molecule has 1 saturated heterocycles. The van der Waals surface area contributed by atoms with Crippen molar-refractivity contribution < 1.29 is 91.5 Å². The third-order valence-corrected chi connectivity index (χ3v) is 20.9. The Hall–Kier alpha value is -8.23. The number of nitrogens with one attached hydrogen (secondary N) is 5. The lowest BCUT2D eigenvalue weighted by Gasteiger charge is -2.41. The van der Waals surface area contributed by atoms with Gasteiger partial charge >= 0.3 is 18.1 Å². The number of benzene rings is 2. The molecule has 2 aromatic carbocycles. The smallest absolute Gasteiger partial charge is 0.410 e. The van der Waals surface area contributed by atoms with E-state index >= 15 is 0 Å². The molecule has 2 aromatic rings. The minimum Gasteiger partial charge on any atom is -0.478 e. The summed E-state index contributed by atoms with van der Waals surface area (Å²) in [5.41, 5.74) is 6.76. The van der Waals surface area contributed by atoms with Crippen LogP contribution >= 0.6 is 23.5 Å². The number of aliphatic carboxylic acids is 1. The van der Waals surface area contributed by atoms with Crippen molar-refractivity contribution in [1.29, 1.82) is 0 Å². The van der Waals surface area contributed by atoms with Gasteiger partial charge in [-0.15, -0.1) is 23.5 Å². The highest BCUT2D eigenvalue weighted by Crippen LogP contribution is 2.33. The lowest BCUT2D eigenvalue weighted by atomic mass is 9.83. The number of ether oxygens (including phenoxy) is 4. The Morgan fingerprint density at radius 1 is 0.792 bits per heavy atom. The number of aliphatic hydroxyl groups excluding tert-OH is 1. The maximum absolute atomic E-state index is 14.9. The van der Waals surface area contributed by atoms with Crippen molar-refractivity contribution in [1.82, 2.24) is 40.9 Å². The van der Waals surface area contributed by atoms with E-state index in [0.717, 1.165) is 34.5 Å². The maximum Gasteiger partial charge on any atom is 0.410 e.